The second-order valence-electron chi connectivity index (χ2n) is 14.5. The minimum absolute atomic E-state index is 0.0101. The van der Waals surface area contributed by atoms with Crippen LogP contribution >= 0.6 is 0 Å². The molecule has 6 atom stereocenters. The van der Waals surface area contributed by atoms with Crippen molar-refractivity contribution in [3.05, 3.63) is 40.6 Å². The minimum atomic E-state index is -0.878. The van der Waals surface area contributed by atoms with Crippen LogP contribution in [-0.2, 0) is 14.4 Å². The fourth-order valence-corrected chi connectivity index (χ4v) is 7.90. The molecule has 1 aromatic rings. The molecule has 9 heteroatoms. The number of fused-ring (bicyclic) bond motifs is 1. The van der Waals surface area contributed by atoms with Crippen LogP contribution in [0.2, 0.25) is 0 Å². The maximum absolute atomic E-state index is 14.6. The van der Waals surface area contributed by atoms with Gasteiger partial charge in [-0.25, -0.2) is 0 Å². The Bertz CT molecular complexity index is 1370. The fourth-order valence-electron chi connectivity index (χ4n) is 7.90. The maximum Gasteiger partial charge on any atom is 0.252 e. The van der Waals surface area contributed by atoms with E-state index in [1.54, 1.807) is 24.0 Å². The van der Waals surface area contributed by atoms with Crippen molar-refractivity contribution < 1.29 is 24.3 Å². The Labute approximate surface area is 255 Å². The number of allylic oxidation sites excluding steroid dienone is 1. The second kappa shape index (κ2) is 11.3. The standard InChI is InChI=1S/C34H48N4O5/c1-18(2)19(3)28(37-30(41)22-9-7-10-26(39)20(22)4)32(43)38-17-34(14-8-13-33(34,5)6)16-25(38)31(42)36-24-15-21-11-12-23(21)27(35)29(24)40/h7,9-10,18-19,21,24-25,28,39H,8,11-17,35H2,1-6H3,(H,36,42)(H,37,41)/t19?,21?,24?,25-,28-,34-/m0/s1. The average molecular weight is 593 g/mol. The molecule has 43 heavy (non-hydrogen) atoms. The molecular weight excluding hydrogens is 544 g/mol. The SMILES string of the molecule is Cc1c(O)cccc1C(=O)N[C@H](C(=O)N1C[C@]2(CCCC2(C)C)C[C@H]1C(=O)NC1CC2CCC2=C(N)C1=O)C(C)C(C)C. The lowest BCUT2D eigenvalue weighted by Crippen LogP contribution is -2.58. The molecule has 5 N–H and O–H groups in total. The zero-order chi connectivity index (χ0) is 31.4. The highest BCUT2D eigenvalue weighted by atomic mass is 16.3. The van der Waals surface area contributed by atoms with Crippen molar-refractivity contribution in [1.29, 1.82) is 0 Å². The molecule has 1 aromatic carbocycles. The van der Waals surface area contributed by atoms with Crippen LogP contribution in [0.1, 0.15) is 95.5 Å². The second-order valence-corrected chi connectivity index (χ2v) is 14.5. The summed E-state index contributed by atoms with van der Waals surface area (Å²) >= 11 is 0. The number of phenolic OH excluding ortho intramolecular Hbond substituents is 1. The molecule has 0 aromatic heterocycles. The highest BCUT2D eigenvalue weighted by Crippen LogP contribution is 2.59. The summed E-state index contributed by atoms with van der Waals surface area (Å²) in [5, 5.41) is 16.2. The highest BCUT2D eigenvalue weighted by molar-refractivity contribution is 6.04. The average Bonchev–Trinajstić information content (AvgIpc) is 3.47. The quantitative estimate of drug-likeness (QED) is 0.378. The van der Waals surface area contributed by atoms with Gasteiger partial charge in [0.1, 0.15) is 17.8 Å². The van der Waals surface area contributed by atoms with Crippen LogP contribution in [0.3, 0.4) is 0 Å². The molecule has 2 saturated carbocycles. The number of nitrogens with two attached hydrogens (primary N) is 1. The number of benzene rings is 1. The van der Waals surface area contributed by atoms with E-state index in [9.17, 15) is 24.3 Å². The summed E-state index contributed by atoms with van der Waals surface area (Å²) < 4.78 is 0. The largest absolute Gasteiger partial charge is 0.508 e. The van der Waals surface area contributed by atoms with E-state index in [0.717, 1.165) is 37.7 Å². The number of ketones is 1. The summed E-state index contributed by atoms with van der Waals surface area (Å²) in [5.41, 5.74) is 7.90. The van der Waals surface area contributed by atoms with Gasteiger partial charge in [0.2, 0.25) is 17.6 Å². The van der Waals surface area contributed by atoms with Gasteiger partial charge in [-0.2, -0.15) is 0 Å². The molecule has 1 heterocycles. The van der Waals surface area contributed by atoms with Crippen LogP contribution in [0.15, 0.2) is 29.5 Å². The van der Waals surface area contributed by atoms with Crippen molar-refractivity contribution in [1.82, 2.24) is 15.5 Å². The van der Waals surface area contributed by atoms with E-state index in [-0.39, 0.29) is 57.6 Å². The summed E-state index contributed by atoms with van der Waals surface area (Å²) in [6, 6.07) is 2.43. The molecule has 3 fully saturated rings. The van der Waals surface area contributed by atoms with Crippen LogP contribution < -0.4 is 16.4 Å². The number of amides is 3. The summed E-state index contributed by atoms with van der Waals surface area (Å²) in [5.74, 6) is -1.21. The fraction of sp³-hybridized carbons (Fsp3) is 0.647. The Balaban J connectivity index is 1.45. The molecule has 1 aliphatic heterocycles. The van der Waals surface area contributed by atoms with Gasteiger partial charge in [-0.05, 0) is 91.7 Å². The monoisotopic (exact) mass is 592 g/mol. The van der Waals surface area contributed by atoms with Gasteiger partial charge < -0.3 is 26.4 Å². The zero-order valence-electron chi connectivity index (χ0n) is 26.5. The first-order valence-electron chi connectivity index (χ1n) is 15.9. The third-order valence-electron chi connectivity index (χ3n) is 11.6. The van der Waals surface area contributed by atoms with Crippen molar-refractivity contribution in [2.24, 2.45) is 34.3 Å². The topological polar surface area (TPSA) is 142 Å². The van der Waals surface area contributed by atoms with Gasteiger partial charge in [0, 0.05) is 17.7 Å². The molecule has 1 saturated heterocycles. The minimum Gasteiger partial charge on any atom is -0.508 e. The van der Waals surface area contributed by atoms with E-state index >= 15 is 0 Å². The van der Waals surface area contributed by atoms with Crippen molar-refractivity contribution in [2.75, 3.05) is 6.54 Å². The lowest BCUT2D eigenvalue weighted by atomic mass is 9.66. The number of likely N-dealkylation sites (tertiary alicyclic amines) is 1. The van der Waals surface area contributed by atoms with E-state index in [2.05, 4.69) is 24.5 Å². The molecule has 0 radical (unpaired) electrons. The molecule has 5 rings (SSSR count). The number of nitrogens with zero attached hydrogens (tertiary/aromatic N) is 1. The first kappa shape index (κ1) is 31.1. The van der Waals surface area contributed by atoms with Gasteiger partial charge in [0.15, 0.2) is 0 Å². The van der Waals surface area contributed by atoms with Crippen molar-refractivity contribution in [2.45, 2.75) is 105 Å². The number of hydrogen-bond donors (Lipinski definition) is 4. The third-order valence-corrected chi connectivity index (χ3v) is 11.6. The van der Waals surface area contributed by atoms with Crippen molar-refractivity contribution >= 4 is 23.5 Å². The molecule has 234 valence electrons. The van der Waals surface area contributed by atoms with E-state index < -0.39 is 24.0 Å². The van der Waals surface area contributed by atoms with E-state index in [0.29, 0.717) is 30.5 Å². The Kier molecular flexibility index (Phi) is 8.16. The van der Waals surface area contributed by atoms with Crippen LogP contribution in [-0.4, -0.2) is 58.2 Å². The molecule has 0 bridgehead atoms. The number of phenols is 1. The normalized spacial score (nSPS) is 29.3. The van der Waals surface area contributed by atoms with Gasteiger partial charge >= 0.3 is 0 Å². The Morgan fingerprint density at radius 3 is 2.47 bits per heavy atom. The Morgan fingerprint density at radius 1 is 1.14 bits per heavy atom. The molecular formula is C34H48N4O5. The number of nitrogens with one attached hydrogen (secondary N) is 2. The summed E-state index contributed by atoms with van der Waals surface area (Å²) in [7, 11) is 0. The van der Waals surface area contributed by atoms with Crippen LogP contribution in [0.5, 0.6) is 5.75 Å². The van der Waals surface area contributed by atoms with E-state index in [1.807, 2.05) is 20.8 Å². The molecule has 4 aliphatic rings. The first-order valence-corrected chi connectivity index (χ1v) is 15.9. The summed E-state index contributed by atoms with van der Waals surface area (Å²) in [4.78, 5) is 56.9. The first-order chi connectivity index (χ1) is 20.2. The Hall–Kier alpha value is -3.36. The highest BCUT2D eigenvalue weighted by Gasteiger charge is 2.58. The molecule has 9 nitrogen and oxygen atoms in total. The van der Waals surface area contributed by atoms with Crippen LogP contribution in [0, 0.1) is 35.5 Å². The third kappa shape index (κ3) is 5.33. The maximum atomic E-state index is 14.6. The molecule has 3 amide bonds. The smallest absolute Gasteiger partial charge is 0.252 e. The van der Waals surface area contributed by atoms with Gasteiger partial charge in [0.25, 0.3) is 5.91 Å². The van der Waals surface area contributed by atoms with Gasteiger partial charge in [-0.1, -0.05) is 47.1 Å². The summed E-state index contributed by atoms with van der Waals surface area (Å²) in [6.07, 6.45) is 5.81. The van der Waals surface area contributed by atoms with Crippen molar-refractivity contribution in [3.63, 3.8) is 0 Å². The van der Waals surface area contributed by atoms with Gasteiger partial charge in [0.05, 0.1) is 11.7 Å². The number of carbonyl (C=O) groups is 4. The molecule has 3 aliphatic carbocycles. The van der Waals surface area contributed by atoms with Crippen LogP contribution in [0.25, 0.3) is 0 Å². The predicted molar refractivity (Wildman–Crippen MR) is 164 cm³/mol. The van der Waals surface area contributed by atoms with Crippen LogP contribution in [0.4, 0.5) is 0 Å². The number of carbonyl (C=O) groups excluding carboxylic acids is 4. The van der Waals surface area contributed by atoms with Gasteiger partial charge in [-0.15, -0.1) is 0 Å². The summed E-state index contributed by atoms with van der Waals surface area (Å²) in [6.45, 7) is 12.5. The predicted octanol–water partition coefficient (Wildman–Crippen LogP) is 3.97. The van der Waals surface area contributed by atoms with E-state index in [1.165, 1.54) is 6.07 Å². The lowest BCUT2D eigenvalue weighted by molar-refractivity contribution is -0.142. The van der Waals surface area contributed by atoms with Crippen molar-refractivity contribution in [3.8, 4) is 5.75 Å². The zero-order valence-corrected chi connectivity index (χ0v) is 26.5. The number of aromatic hydroxyl groups is 1. The number of hydrogen-bond acceptors (Lipinski definition) is 6. The Morgan fingerprint density at radius 2 is 1.86 bits per heavy atom. The molecule has 3 unspecified atom stereocenters. The lowest BCUT2D eigenvalue weighted by Gasteiger charge is -2.39. The number of Topliss-reactive ketones (excluding diaryl/α,β-unsaturated/α-hetero) is 1. The number of rotatable bonds is 7. The van der Waals surface area contributed by atoms with E-state index in [4.69, 9.17) is 5.73 Å². The molecule has 1 spiro atoms. The van der Waals surface area contributed by atoms with Gasteiger partial charge in [-0.3, -0.25) is 19.2 Å².